The Kier molecular flexibility index (Phi) is 5.12. The van der Waals surface area contributed by atoms with Gasteiger partial charge in [0, 0.05) is 0 Å². The lowest BCUT2D eigenvalue weighted by molar-refractivity contribution is 1.02. The van der Waals surface area contributed by atoms with Crippen molar-refractivity contribution in [1.29, 1.82) is 0 Å². The van der Waals surface area contributed by atoms with Gasteiger partial charge in [-0.2, -0.15) is 0 Å². The van der Waals surface area contributed by atoms with Crippen molar-refractivity contribution < 1.29 is 0 Å². The van der Waals surface area contributed by atoms with Gasteiger partial charge in [0.25, 0.3) is 0 Å². The maximum Gasteiger partial charge on any atom is -0.00137 e. The summed E-state index contributed by atoms with van der Waals surface area (Å²) in [5.41, 5.74) is 11.2. The molecule has 0 nitrogen and oxygen atoms in total. The Labute approximate surface area is 245 Å². The quantitative estimate of drug-likeness (QED) is 0.194. The van der Waals surface area contributed by atoms with Crippen LogP contribution in [0.1, 0.15) is 22.3 Å². The van der Waals surface area contributed by atoms with E-state index in [1.165, 1.54) is 87.6 Å². The summed E-state index contributed by atoms with van der Waals surface area (Å²) >= 11 is 0. The van der Waals surface area contributed by atoms with Crippen molar-refractivity contribution in [3.05, 3.63) is 168 Å². The fourth-order valence-corrected chi connectivity index (χ4v) is 7.45. The molecule has 0 bridgehead atoms. The summed E-state index contributed by atoms with van der Waals surface area (Å²) in [6.07, 6.45) is 1.94. The first-order valence-corrected chi connectivity index (χ1v) is 14.9. The molecule has 1 aliphatic rings. The molecule has 0 aromatic heterocycles. The Morgan fingerprint density at radius 3 is 1.62 bits per heavy atom. The van der Waals surface area contributed by atoms with Crippen molar-refractivity contribution in [3.63, 3.8) is 0 Å². The average molecular weight is 533 g/mol. The van der Waals surface area contributed by atoms with Gasteiger partial charge in [0.1, 0.15) is 0 Å². The molecule has 0 saturated carbocycles. The SMILES string of the molecule is c1cc2c(c(-c3c4ccccc4c(-c4ccc5ccccc5c4)c4ccccc34)c1)Cc1ccc3ccccc3c1C2. The summed E-state index contributed by atoms with van der Waals surface area (Å²) < 4.78 is 0. The molecular weight excluding hydrogens is 504 g/mol. The molecule has 8 aromatic carbocycles. The zero-order valence-corrected chi connectivity index (χ0v) is 23.3. The molecule has 1 aliphatic carbocycles. The van der Waals surface area contributed by atoms with Crippen LogP contribution in [0, 0.1) is 0 Å². The lowest BCUT2D eigenvalue weighted by atomic mass is 9.78. The van der Waals surface area contributed by atoms with Gasteiger partial charge in [-0.25, -0.2) is 0 Å². The Hall–Kier alpha value is -5.20. The molecular formula is C42H28. The summed E-state index contributed by atoms with van der Waals surface area (Å²) in [4.78, 5) is 0. The van der Waals surface area contributed by atoms with Gasteiger partial charge in [-0.1, -0.05) is 140 Å². The molecule has 0 amide bonds. The van der Waals surface area contributed by atoms with Crippen LogP contribution in [0.15, 0.2) is 146 Å². The van der Waals surface area contributed by atoms with E-state index in [2.05, 4.69) is 146 Å². The van der Waals surface area contributed by atoms with E-state index in [9.17, 15) is 0 Å². The number of rotatable bonds is 2. The van der Waals surface area contributed by atoms with Crippen LogP contribution in [0.2, 0.25) is 0 Å². The van der Waals surface area contributed by atoms with Crippen molar-refractivity contribution in [2.75, 3.05) is 0 Å². The first kappa shape index (κ1) is 23.5. The van der Waals surface area contributed by atoms with Crippen molar-refractivity contribution in [2.45, 2.75) is 12.8 Å². The zero-order chi connectivity index (χ0) is 27.6. The highest BCUT2D eigenvalue weighted by atomic mass is 14.3. The summed E-state index contributed by atoms with van der Waals surface area (Å²) in [5.74, 6) is 0. The predicted octanol–water partition coefficient (Wildman–Crippen LogP) is 11.1. The molecule has 0 N–H and O–H groups in total. The number of hydrogen-bond acceptors (Lipinski definition) is 0. The van der Waals surface area contributed by atoms with Gasteiger partial charge in [-0.05, 0) is 107 Å². The third kappa shape index (κ3) is 3.49. The summed E-state index contributed by atoms with van der Waals surface area (Å²) in [6, 6.07) is 54.1. The Morgan fingerprint density at radius 1 is 0.333 bits per heavy atom. The van der Waals surface area contributed by atoms with E-state index >= 15 is 0 Å². The minimum absolute atomic E-state index is 0.959. The molecule has 0 spiro atoms. The van der Waals surface area contributed by atoms with E-state index in [-0.39, 0.29) is 0 Å². The van der Waals surface area contributed by atoms with E-state index < -0.39 is 0 Å². The van der Waals surface area contributed by atoms with Crippen LogP contribution < -0.4 is 0 Å². The van der Waals surface area contributed by atoms with Crippen LogP contribution in [0.4, 0.5) is 0 Å². The standard InChI is InChI=1S/C42H28/c1-2-12-29-24-32(23-20-27(29)10-1)41-34-15-5-7-17-36(34)42(37-18-8-6-16-35(37)41)38-19-9-13-30-25-39-31(26-40(30)38)22-21-28-11-3-4-14-33(28)39/h1-24H,25-26H2. The topological polar surface area (TPSA) is 0 Å². The molecule has 9 rings (SSSR count). The first-order valence-electron chi connectivity index (χ1n) is 14.9. The Balaban J connectivity index is 1.32. The molecule has 0 aliphatic heterocycles. The molecule has 0 heterocycles. The molecule has 0 radical (unpaired) electrons. The van der Waals surface area contributed by atoms with Crippen molar-refractivity contribution in [1.82, 2.24) is 0 Å². The molecule has 0 saturated heterocycles. The summed E-state index contributed by atoms with van der Waals surface area (Å²) in [5, 5.41) is 10.5. The second kappa shape index (κ2) is 9.16. The van der Waals surface area contributed by atoms with Gasteiger partial charge in [0.05, 0.1) is 0 Å². The average Bonchev–Trinajstić information content (AvgIpc) is 3.06. The third-order valence-electron chi connectivity index (χ3n) is 9.38. The smallest absolute Gasteiger partial charge is 0.00137 e. The van der Waals surface area contributed by atoms with Crippen LogP contribution in [0.5, 0.6) is 0 Å². The maximum absolute atomic E-state index is 2.36. The van der Waals surface area contributed by atoms with Gasteiger partial charge in [-0.3, -0.25) is 0 Å². The van der Waals surface area contributed by atoms with E-state index in [0.717, 1.165) is 12.8 Å². The van der Waals surface area contributed by atoms with Gasteiger partial charge in [-0.15, -0.1) is 0 Å². The highest BCUT2D eigenvalue weighted by molar-refractivity contribution is 6.22. The third-order valence-corrected chi connectivity index (χ3v) is 9.38. The van der Waals surface area contributed by atoms with Crippen LogP contribution in [-0.2, 0) is 12.8 Å². The monoisotopic (exact) mass is 532 g/mol. The fourth-order valence-electron chi connectivity index (χ4n) is 7.45. The van der Waals surface area contributed by atoms with E-state index in [1.807, 2.05) is 0 Å². The maximum atomic E-state index is 2.36. The largest absolute Gasteiger partial charge is 0.0616 e. The van der Waals surface area contributed by atoms with Crippen LogP contribution >= 0.6 is 0 Å². The van der Waals surface area contributed by atoms with Crippen LogP contribution in [-0.4, -0.2) is 0 Å². The molecule has 196 valence electrons. The van der Waals surface area contributed by atoms with E-state index in [1.54, 1.807) is 0 Å². The van der Waals surface area contributed by atoms with Crippen molar-refractivity contribution in [3.8, 4) is 22.3 Å². The molecule has 42 heavy (non-hydrogen) atoms. The second-order valence-corrected chi connectivity index (χ2v) is 11.6. The summed E-state index contributed by atoms with van der Waals surface area (Å²) in [7, 11) is 0. The highest BCUT2D eigenvalue weighted by Gasteiger charge is 2.23. The molecule has 0 atom stereocenters. The van der Waals surface area contributed by atoms with Crippen molar-refractivity contribution >= 4 is 43.1 Å². The first-order chi connectivity index (χ1) is 20.8. The number of fused-ring (bicyclic) bond motifs is 7. The van der Waals surface area contributed by atoms with E-state index in [0.29, 0.717) is 0 Å². The summed E-state index contributed by atoms with van der Waals surface area (Å²) in [6.45, 7) is 0. The van der Waals surface area contributed by atoms with Gasteiger partial charge >= 0.3 is 0 Å². The van der Waals surface area contributed by atoms with Crippen LogP contribution in [0.25, 0.3) is 65.3 Å². The minimum Gasteiger partial charge on any atom is -0.0616 e. The van der Waals surface area contributed by atoms with Crippen molar-refractivity contribution in [2.24, 2.45) is 0 Å². The molecule has 0 heteroatoms. The number of benzene rings is 8. The van der Waals surface area contributed by atoms with Gasteiger partial charge in [0.2, 0.25) is 0 Å². The minimum atomic E-state index is 0.959. The lowest BCUT2D eigenvalue weighted by Gasteiger charge is -2.26. The number of hydrogen-bond donors (Lipinski definition) is 0. The molecule has 0 fully saturated rings. The Morgan fingerprint density at radius 2 is 0.881 bits per heavy atom. The lowest BCUT2D eigenvalue weighted by Crippen LogP contribution is -2.09. The molecule has 8 aromatic rings. The fraction of sp³-hybridized carbons (Fsp3) is 0.0476. The highest BCUT2D eigenvalue weighted by Crippen LogP contribution is 2.46. The van der Waals surface area contributed by atoms with Gasteiger partial charge in [0.15, 0.2) is 0 Å². The molecule has 0 unspecified atom stereocenters. The normalized spacial score (nSPS) is 12.6. The second-order valence-electron chi connectivity index (χ2n) is 11.6. The van der Waals surface area contributed by atoms with Crippen LogP contribution in [0.3, 0.4) is 0 Å². The Bertz CT molecular complexity index is 2300. The zero-order valence-electron chi connectivity index (χ0n) is 23.3. The predicted molar refractivity (Wildman–Crippen MR) is 179 cm³/mol. The van der Waals surface area contributed by atoms with E-state index in [4.69, 9.17) is 0 Å². The van der Waals surface area contributed by atoms with Gasteiger partial charge < -0.3 is 0 Å².